The number of hydrogen-bond acceptors (Lipinski definition) is 15. The number of ether oxygens (including phenoxy) is 4. The molecule has 0 heterocycles. The van der Waals surface area contributed by atoms with Gasteiger partial charge in [0.25, 0.3) is 0 Å². The highest BCUT2D eigenvalue weighted by molar-refractivity contribution is 7.47. The summed E-state index contributed by atoms with van der Waals surface area (Å²) in [7, 11) is -9.92. The van der Waals surface area contributed by atoms with E-state index in [-0.39, 0.29) is 25.7 Å². The quantitative estimate of drug-likeness (QED) is 0.0222. The third kappa shape index (κ3) is 72.8. The van der Waals surface area contributed by atoms with E-state index in [4.69, 9.17) is 37.0 Å². The van der Waals surface area contributed by atoms with Crippen molar-refractivity contribution in [1.29, 1.82) is 0 Å². The zero-order valence-electron chi connectivity index (χ0n) is 64.6. The van der Waals surface area contributed by atoms with Crippen LogP contribution in [0.25, 0.3) is 0 Å². The SMILES string of the molecule is CCCCCCCCCCCCCCCCCC(=O)OC[C@H](COP(=O)(O)OC[C@@H](O)COP(=O)(O)OC[C@@H](COC(=O)CCCCCCCCCCCCCCC)OC(=O)CCCCCCCCCCCCCCC)OC(=O)CCCCCCCCCCCCCCCCC(C)CC. The summed E-state index contributed by atoms with van der Waals surface area (Å²) in [4.78, 5) is 73.0. The van der Waals surface area contributed by atoms with E-state index in [9.17, 15) is 43.2 Å². The number of carbonyl (C=O) groups excluding carboxylic acids is 4. The standard InChI is InChI=1S/C80H156O17P2/c1-6-10-13-16-19-22-25-28-29-35-39-44-49-54-59-64-78(83)91-70-76(97-80(85)66-61-56-51-46-41-36-31-30-34-37-42-47-52-57-62-73(5)9-4)72-95-99(88,89)93-68-74(81)67-92-98(86,87)94-71-75(96-79(84)65-60-55-50-45-40-33-27-24-21-18-15-12-8-3)69-90-77(82)63-58-53-48-43-38-32-26-23-20-17-14-11-7-2/h73-76,81H,6-72H2,1-5H3,(H,86,87)(H,88,89)/t73?,74-,75+,76+/m0/s1. The monoisotopic (exact) mass is 1450 g/mol. The Morgan fingerprint density at radius 2 is 0.485 bits per heavy atom. The first-order valence-corrected chi connectivity index (χ1v) is 44.7. The van der Waals surface area contributed by atoms with Crippen molar-refractivity contribution in [3.8, 4) is 0 Å². The van der Waals surface area contributed by atoms with E-state index in [1.165, 1.54) is 250 Å². The lowest BCUT2D eigenvalue weighted by Crippen LogP contribution is -2.30. The first-order valence-electron chi connectivity index (χ1n) is 41.7. The minimum Gasteiger partial charge on any atom is -0.462 e. The highest BCUT2D eigenvalue weighted by Crippen LogP contribution is 2.45. The molecular weight excluding hydrogens is 1290 g/mol. The van der Waals surface area contributed by atoms with Crippen molar-refractivity contribution in [2.45, 2.75) is 445 Å². The average molecular weight is 1450 g/mol. The lowest BCUT2D eigenvalue weighted by molar-refractivity contribution is -0.161. The van der Waals surface area contributed by atoms with E-state index >= 15 is 0 Å². The minimum absolute atomic E-state index is 0.108. The van der Waals surface area contributed by atoms with Gasteiger partial charge in [-0.3, -0.25) is 37.3 Å². The predicted molar refractivity (Wildman–Crippen MR) is 405 cm³/mol. The van der Waals surface area contributed by atoms with Crippen LogP contribution in [0.2, 0.25) is 0 Å². The molecule has 6 atom stereocenters. The van der Waals surface area contributed by atoms with Crippen LogP contribution >= 0.6 is 15.6 Å². The number of aliphatic hydroxyl groups is 1. The molecule has 0 aromatic rings. The summed E-state index contributed by atoms with van der Waals surface area (Å²) in [6.45, 7) is 7.39. The molecule has 0 bridgehead atoms. The van der Waals surface area contributed by atoms with Crippen LogP contribution in [0, 0.1) is 5.92 Å². The van der Waals surface area contributed by atoms with Gasteiger partial charge in [0.2, 0.25) is 0 Å². The molecule has 3 unspecified atom stereocenters. The summed E-state index contributed by atoms with van der Waals surface area (Å²) in [5.74, 6) is -1.26. The lowest BCUT2D eigenvalue weighted by atomic mass is 9.99. The molecule has 19 heteroatoms. The molecular formula is C80H156O17P2. The van der Waals surface area contributed by atoms with Gasteiger partial charge < -0.3 is 33.8 Å². The molecule has 0 aliphatic carbocycles. The van der Waals surface area contributed by atoms with Crippen LogP contribution < -0.4 is 0 Å². The number of phosphoric ester groups is 2. The van der Waals surface area contributed by atoms with Gasteiger partial charge in [-0.15, -0.1) is 0 Å². The summed E-state index contributed by atoms with van der Waals surface area (Å²) in [5, 5.41) is 10.6. The van der Waals surface area contributed by atoms with Crippen molar-refractivity contribution in [3.63, 3.8) is 0 Å². The fourth-order valence-electron chi connectivity index (χ4n) is 12.4. The zero-order chi connectivity index (χ0) is 72.7. The van der Waals surface area contributed by atoms with Crippen LogP contribution in [0.5, 0.6) is 0 Å². The van der Waals surface area contributed by atoms with E-state index in [2.05, 4.69) is 34.6 Å². The highest BCUT2D eigenvalue weighted by Gasteiger charge is 2.30. The van der Waals surface area contributed by atoms with Crippen molar-refractivity contribution in [3.05, 3.63) is 0 Å². The van der Waals surface area contributed by atoms with Gasteiger partial charge in [0.05, 0.1) is 26.4 Å². The Balaban J connectivity index is 5.26. The van der Waals surface area contributed by atoms with Crippen LogP contribution in [0.15, 0.2) is 0 Å². The Morgan fingerprint density at radius 1 is 0.283 bits per heavy atom. The second kappa shape index (κ2) is 73.0. The van der Waals surface area contributed by atoms with Crippen LogP contribution in [0.4, 0.5) is 0 Å². The molecule has 3 N–H and O–H groups in total. The summed E-state index contributed by atoms with van der Waals surface area (Å²) in [6.07, 6.45) is 63.5. The number of unbranched alkanes of at least 4 members (excludes halogenated alkanes) is 51. The van der Waals surface area contributed by atoms with Crippen molar-refractivity contribution in [1.82, 2.24) is 0 Å². The number of phosphoric acid groups is 2. The van der Waals surface area contributed by atoms with Crippen molar-refractivity contribution in [2.75, 3.05) is 39.6 Å². The minimum atomic E-state index is -4.96. The number of hydrogen-bond donors (Lipinski definition) is 3. The topological polar surface area (TPSA) is 237 Å². The van der Waals surface area contributed by atoms with Gasteiger partial charge in [-0.1, -0.05) is 375 Å². The molecule has 17 nitrogen and oxygen atoms in total. The molecule has 0 saturated heterocycles. The molecule has 0 radical (unpaired) electrons. The maximum absolute atomic E-state index is 13.1. The average Bonchev–Trinajstić information content (AvgIpc) is 1.02. The maximum Gasteiger partial charge on any atom is 0.472 e. The van der Waals surface area contributed by atoms with Crippen LogP contribution in [0.1, 0.15) is 426 Å². The largest absolute Gasteiger partial charge is 0.472 e. The Hall–Kier alpha value is -1.94. The smallest absolute Gasteiger partial charge is 0.462 e. The molecule has 0 aromatic heterocycles. The van der Waals surface area contributed by atoms with E-state index in [0.29, 0.717) is 25.7 Å². The molecule has 0 aliphatic rings. The fraction of sp³-hybridized carbons (Fsp3) is 0.950. The third-order valence-corrected chi connectivity index (χ3v) is 21.0. The third-order valence-electron chi connectivity index (χ3n) is 19.1. The number of aliphatic hydroxyl groups excluding tert-OH is 1. The Labute approximate surface area is 607 Å². The van der Waals surface area contributed by atoms with Gasteiger partial charge in [0, 0.05) is 25.7 Å². The maximum atomic E-state index is 13.1. The van der Waals surface area contributed by atoms with Crippen LogP contribution in [-0.4, -0.2) is 96.7 Å². The summed E-state index contributed by atoms with van der Waals surface area (Å²) >= 11 is 0. The zero-order valence-corrected chi connectivity index (χ0v) is 66.4. The molecule has 0 spiro atoms. The first kappa shape index (κ1) is 97.1. The Bertz CT molecular complexity index is 1890. The summed E-state index contributed by atoms with van der Waals surface area (Å²) < 4.78 is 68.7. The molecule has 0 rings (SSSR count). The molecule has 0 aromatic carbocycles. The van der Waals surface area contributed by atoms with E-state index in [0.717, 1.165) is 95.8 Å². The molecule has 588 valence electrons. The second-order valence-electron chi connectivity index (χ2n) is 29.1. The lowest BCUT2D eigenvalue weighted by Gasteiger charge is -2.21. The second-order valence-corrected chi connectivity index (χ2v) is 32.0. The van der Waals surface area contributed by atoms with Gasteiger partial charge >= 0.3 is 39.5 Å². The van der Waals surface area contributed by atoms with Crippen molar-refractivity contribution < 1.29 is 80.2 Å². The van der Waals surface area contributed by atoms with Gasteiger partial charge in [-0.2, -0.15) is 0 Å². The number of carbonyl (C=O) groups is 4. The molecule has 99 heavy (non-hydrogen) atoms. The number of rotatable bonds is 80. The van der Waals surface area contributed by atoms with E-state index in [1.54, 1.807) is 0 Å². The highest BCUT2D eigenvalue weighted by atomic mass is 31.2. The molecule has 0 aliphatic heterocycles. The normalized spacial score (nSPS) is 14.1. The first-order chi connectivity index (χ1) is 48.1. The summed E-state index contributed by atoms with van der Waals surface area (Å²) in [5.41, 5.74) is 0. The van der Waals surface area contributed by atoms with Gasteiger partial charge in [0.1, 0.15) is 19.3 Å². The van der Waals surface area contributed by atoms with Gasteiger partial charge in [-0.05, 0) is 31.6 Å². The molecule has 0 saturated carbocycles. The Kier molecular flexibility index (Phi) is 71.6. The molecule has 0 amide bonds. The van der Waals surface area contributed by atoms with E-state index < -0.39 is 97.5 Å². The predicted octanol–water partition coefficient (Wildman–Crippen LogP) is 24.0. The molecule has 0 fully saturated rings. The fourth-order valence-corrected chi connectivity index (χ4v) is 14.0. The van der Waals surface area contributed by atoms with Crippen LogP contribution in [-0.2, 0) is 65.4 Å². The Morgan fingerprint density at radius 3 is 0.717 bits per heavy atom. The van der Waals surface area contributed by atoms with Crippen molar-refractivity contribution >= 4 is 39.5 Å². The van der Waals surface area contributed by atoms with Gasteiger partial charge in [-0.25, -0.2) is 9.13 Å². The van der Waals surface area contributed by atoms with Gasteiger partial charge in [0.15, 0.2) is 12.2 Å². The van der Waals surface area contributed by atoms with Crippen LogP contribution in [0.3, 0.4) is 0 Å². The number of esters is 4. The van der Waals surface area contributed by atoms with E-state index in [1.807, 2.05) is 0 Å². The summed E-state index contributed by atoms with van der Waals surface area (Å²) in [6, 6.07) is 0. The van der Waals surface area contributed by atoms with Crippen molar-refractivity contribution in [2.24, 2.45) is 5.92 Å².